The van der Waals surface area contributed by atoms with Crippen molar-refractivity contribution in [3.63, 3.8) is 0 Å². The van der Waals surface area contributed by atoms with Crippen molar-refractivity contribution < 1.29 is 23.9 Å². The summed E-state index contributed by atoms with van der Waals surface area (Å²) in [5.41, 5.74) is 0. The van der Waals surface area contributed by atoms with E-state index in [4.69, 9.17) is 9.47 Å². The Bertz CT molecular complexity index is 857. The molecule has 0 spiro atoms. The Balaban J connectivity index is 4.36. The molecule has 0 atom stereocenters. The number of carbonyl (C=O) groups excluding carboxylic acids is 3. The van der Waals surface area contributed by atoms with Crippen LogP contribution in [0.4, 0.5) is 0 Å². The summed E-state index contributed by atoms with van der Waals surface area (Å²) < 4.78 is 11.3. The molecule has 0 aliphatic carbocycles. The standard InChI is InChI=1S/C54H105NO5/c1-7-13-27-36-50(37-28-14-8-2)47-53(57)59-44-33-25-21-17-19-23-31-40-49(46-52(56)42-35-43-55(11-5)12-6)41-32-24-20-18-22-26-34-45-60-54(58)48-51(38-29-15-9-3)39-30-16-10-4/h49-51H,7-48H2,1-6H3. The summed E-state index contributed by atoms with van der Waals surface area (Å²) in [7, 11) is 0. The number of rotatable bonds is 48. The molecule has 60 heavy (non-hydrogen) atoms. The minimum atomic E-state index is 0.0190. The lowest BCUT2D eigenvalue weighted by Crippen LogP contribution is -2.24. The third-order valence-corrected chi connectivity index (χ3v) is 13.2. The van der Waals surface area contributed by atoms with E-state index in [1.54, 1.807) is 0 Å². The second-order valence-corrected chi connectivity index (χ2v) is 18.8. The molecular formula is C54H105NO5. The Morgan fingerprint density at radius 1 is 0.367 bits per heavy atom. The van der Waals surface area contributed by atoms with E-state index < -0.39 is 0 Å². The summed E-state index contributed by atoms with van der Waals surface area (Å²) in [6, 6.07) is 0. The Hall–Kier alpha value is -1.43. The van der Waals surface area contributed by atoms with Crippen LogP contribution in [0.15, 0.2) is 0 Å². The van der Waals surface area contributed by atoms with E-state index in [0.29, 0.717) is 49.6 Å². The molecule has 0 saturated carbocycles. The minimum absolute atomic E-state index is 0.0190. The van der Waals surface area contributed by atoms with E-state index in [2.05, 4.69) is 46.4 Å². The topological polar surface area (TPSA) is 72.9 Å². The third kappa shape index (κ3) is 39.4. The largest absolute Gasteiger partial charge is 0.466 e. The van der Waals surface area contributed by atoms with Gasteiger partial charge in [-0.15, -0.1) is 0 Å². The maximum absolute atomic E-state index is 13.1. The van der Waals surface area contributed by atoms with Crippen molar-refractivity contribution in [2.75, 3.05) is 32.8 Å². The van der Waals surface area contributed by atoms with Crippen LogP contribution in [0, 0.1) is 17.8 Å². The molecule has 0 heterocycles. The maximum atomic E-state index is 13.1. The molecule has 0 N–H and O–H groups in total. The van der Waals surface area contributed by atoms with E-state index in [0.717, 1.165) is 64.6 Å². The molecular weight excluding hydrogens is 743 g/mol. The molecule has 0 aliphatic heterocycles. The molecule has 6 heteroatoms. The molecule has 0 rings (SSSR count). The van der Waals surface area contributed by atoms with Gasteiger partial charge in [0.2, 0.25) is 0 Å². The number of carbonyl (C=O) groups is 3. The number of esters is 2. The highest BCUT2D eigenvalue weighted by atomic mass is 16.5. The lowest BCUT2D eigenvalue weighted by molar-refractivity contribution is -0.146. The predicted molar refractivity (Wildman–Crippen MR) is 259 cm³/mol. The van der Waals surface area contributed by atoms with Crippen LogP contribution in [0.5, 0.6) is 0 Å². The van der Waals surface area contributed by atoms with Crippen molar-refractivity contribution in [3.8, 4) is 0 Å². The van der Waals surface area contributed by atoms with Crippen LogP contribution in [-0.4, -0.2) is 55.5 Å². The number of unbranched alkanes of at least 4 members (excludes halogenated alkanes) is 20. The van der Waals surface area contributed by atoms with Crippen molar-refractivity contribution in [1.82, 2.24) is 4.90 Å². The van der Waals surface area contributed by atoms with E-state index in [-0.39, 0.29) is 11.9 Å². The maximum Gasteiger partial charge on any atom is 0.306 e. The molecule has 0 fully saturated rings. The van der Waals surface area contributed by atoms with E-state index in [9.17, 15) is 14.4 Å². The van der Waals surface area contributed by atoms with Crippen molar-refractivity contribution in [2.24, 2.45) is 17.8 Å². The fraction of sp³-hybridized carbons (Fsp3) is 0.944. The van der Waals surface area contributed by atoms with Gasteiger partial charge in [-0.3, -0.25) is 14.4 Å². The van der Waals surface area contributed by atoms with Crippen LogP contribution in [-0.2, 0) is 23.9 Å². The zero-order chi connectivity index (χ0) is 44.2. The molecule has 0 saturated heterocycles. The average Bonchev–Trinajstić information content (AvgIpc) is 3.23. The lowest BCUT2D eigenvalue weighted by Gasteiger charge is -2.19. The molecule has 0 aromatic carbocycles. The first-order valence-electron chi connectivity index (χ1n) is 26.9. The number of ether oxygens (including phenoxy) is 2. The average molecular weight is 848 g/mol. The summed E-state index contributed by atoms with van der Waals surface area (Å²) >= 11 is 0. The monoisotopic (exact) mass is 848 g/mol. The summed E-state index contributed by atoms with van der Waals surface area (Å²) in [6.07, 6.45) is 42.4. The zero-order valence-corrected chi connectivity index (χ0v) is 41.4. The fourth-order valence-electron chi connectivity index (χ4n) is 9.04. The Kier molecular flexibility index (Phi) is 44.5. The van der Waals surface area contributed by atoms with Gasteiger partial charge in [-0.1, -0.05) is 208 Å². The van der Waals surface area contributed by atoms with Crippen LogP contribution in [0.3, 0.4) is 0 Å². The highest BCUT2D eigenvalue weighted by molar-refractivity contribution is 5.78. The van der Waals surface area contributed by atoms with Gasteiger partial charge in [0.15, 0.2) is 0 Å². The molecule has 0 amide bonds. The number of hydrogen-bond acceptors (Lipinski definition) is 6. The van der Waals surface area contributed by atoms with Crippen molar-refractivity contribution >= 4 is 17.7 Å². The fourth-order valence-corrected chi connectivity index (χ4v) is 9.04. The third-order valence-electron chi connectivity index (χ3n) is 13.2. The number of nitrogens with zero attached hydrogens (tertiary/aromatic N) is 1. The summed E-state index contributed by atoms with van der Waals surface area (Å²) in [6.45, 7) is 17.7. The van der Waals surface area contributed by atoms with Gasteiger partial charge in [0.25, 0.3) is 0 Å². The van der Waals surface area contributed by atoms with Crippen LogP contribution in [0.1, 0.15) is 279 Å². The van der Waals surface area contributed by atoms with Crippen LogP contribution in [0.2, 0.25) is 0 Å². The highest BCUT2D eigenvalue weighted by Gasteiger charge is 2.17. The normalized spacial score (nSPS) is 11.8. The van der Waals surface area contributed by atoms with Gasteiger partial charge in [-0.2, -0.15) is 0 Å². The molecule has 0 aromatic rings. The summed E-state index contributed by atoms with van der Waals surface area (Å²) in [5.74, 6) is 2.04. The zero-order valence-electron chi connectivity index (χ0n) is 41.4. The Morgan fingerprint density at radius 2 is 0.667 bits per heavy atom. The van der Waals surface area contributed by atoms with E-state index in [1.165, 1.54) is 180 Å². The molecule has 356 valence electrons. The van der Waals surface area contributed by atoms with E-state index >= 15 is 0 Å². The first-order valence-corrected chi connectivity index (χ1v) is 26.9. The van der Waals surface area contributed by atoms with Crippen molar-refractivity contribution in [2.45, 2.75) is 279 Å². The lowest BCUT2D eigenvalue weighted by atomic mass is 9.89. The first-order chi connectivity index (χ1) is 29.3. The molecule has 0 aromatic heterocycles. The van der Waals surface area contributed by atoms with E-state index in [1.807, 2.05) is 0 Å². The van der Waals surface area contributed by atoms with Gasteiger partial charge in [-0.05, 0) is 82.3 Å². The number of ketones is 1. The summed E-state index contributed by atoms with van der Waals surface area (Å²) in [4.78, 5) is 40.6. The predicted octanol–water partition coefficient (Wildman–Crippen LogP) is 16.3. The highest BCUT2D eigenvalue weighted by Crippen LogP contribution is 2.25. The second kappa shape index (κ2) is 45.6. The smallest absolute Gasteiger partial charge is 0.306 e. The van der Waals surface area contributed by atoms with Crippen molar-refractivity contribution in [3.05, 3.63) is 0 Å². The Labute approximate surface area is 375 Å². The molecule has 0 aliphatic rings. The molecule has 6 nitrogen and oxygen atoms in total. The van der Waals surface area contributed by atoms with Gasteiger partial charge in [-0.25, -0.2) is 0 Å². The van der Waals surface area contributed by atoms with Gasteiger partial charge < -0.3 is 14.4 Å². The minimum Gasteiger partial charge on any atom is -0.466 e. The number of Topliss-reactive ketones (excluding diaryl/α,β-unsaturated/α-hetero) is 1. The quantitative estimate of drug-likeness (QED) is 0.0449. The Morgan fingerprint density at radius 3 is 1.00 bits per heavy atom. The number of hydrogen-bond donors (Lipinski definition) is 0. The van der Waals surface area contributed by atoms with Crippen LogP contribution < -0.4 is 0 Å². The van der Waals surface area contributed by atoms with Gasteiger partial charge in [0.05, 0.1) is 13.2 Å². The molecule has 0 bridgehead atoms. The summed E-state index contributed by atoms with van der Waals surface area (Å²) in [5, 5.41) is 0. The van der Waals surface area contributed by atoms with Crippen LogP contribution >= 0.6 is 0 Å². The SMILES string of the molecule is CCCCCC(CCCCC)CC(=O)OCCCCCCCCCC(CCCCCCCCCOC(=O)CC(CCCCC)CCCCC)CC(=O)CCCN(CC)CC. The van der Waals surface area contributed by atoms with Gasteiger partial charge in [0, 0.05) is 25.7 Å². The van der Waals surface area contributed by atoms with Crippen molar-refractivity contribution in [1.29, 1.82) is 0 Å². The van der Waals surface area contributed by atoms with Gasteiger partial charge in [0.1, 0.15) is 5.78 Å². The van der Waals surface area contributed by atoms with Crippen LogP contribution in [0.25, 0.3) is 0 Å². The second-order valence-electron chi connectivity index (χ2n) is 18.8. The molecule has 0 radical (unpaired) electrons. The first kappa shape index (κ1) is 58.6. The molecule has 0 unspecified atom stereocenters. The van der Waals surface area contributed by atoms with Gasteiger partial charge >= 0.3 is 11.9 Å².